The van der Waals surface area contributed by atoms with Crippen LogP contribution in [-0.2, 0) is 35.8 Å². The molecule has 9 heteroatoms. The maximum Gasteiger partial charge on any atom is 0.180 e. The number of aryl methyl sites for hydroxylation is 1. The van der Waals surface area contributed by atoms with Gasteiger partial charge >= 0.3 is 0 Å². The zero-order chi connectivity index (χ0) is 18.3. The second-order valence-corrected chi connectivity index (χ2v) is 9.00. The second-order valence-electron chi connectivity index (χ2n) is 7.02. The van der Waals surface area contributed by atoms with Gasteiger partial charge in [-0.15, -0.1) is 0 Å². The van der Waals surface area contributed by atoms with Gasteiger partial charge in [-0.2, -0.15) is 10.2 Å². The topological polar surface area (TPSA) is 96.2 Å². The lowest BCUT2D eigenvalue weighted by atomic mass is 9.96. The van der Waals surface area contributed by atoms with Gasteiger partial charge in [0.2, 0.25) is 0 Å². The zero-order valence-electron chi connectivity index (χ0n) is 14.9. The largest absolute Gasteiger partial charge is 0.296 e. The van der Waals surface area contributed by atoms with Crippen LogP contribution >= 0.6 is 0 Å². The maximum absolute atomic E-state index is 11.8. The lowest BCUT2D eigenvalue weighted by Crippen LogP contribution is -2.19. The molecule has 8 nitrogen and oxygen atoms in total. The van der Waals surface area contributed by atoms with Crippen LogP contribution < -0.4 is 0 Å². The summed E-state index contributed by atoms with van der Waals surface area (Å²) in [5.74, 6) is 0. The summed E-state index contributed by atoms with van der Waals surface area (Å²) in [5, 5.41) is 11.8. The molecule has 0 fully saturated rings. The molecule has 1 N–H and O–H groups in total. The zero-order valence-corrected chi connectivity index (χ0v) is 15.8. The van der Waals surface area contributed by atoms with E-state index < -0.39 is 9.84 Å². The smallest absolute Gasteiger partial charge is 0.180 e. The number of sulfone groups is 1. The highest BCUT2D eigenvalue weighted by Crippen LogP contribution is 2.23. The lowest BCUT2D eigenvalue weighted by molar-refractivity contribution is 0.312. The van der Waals surface area contributed by atoms with Crippen molar-refractivity contribution in [3.05, 3.63) is 41.1 Å². The summed E-state index contributed by atoms with van der Waals surface area (Å²) in [6.45, 7) is 1.44. The first kappa shape index (κ1) is 17.2. The van der Waals surface area contributed by atoms with Crippen LogP contribution in [0.4, 0.5) is 0 Å². The molecule has 0 bridgehead atoms. The maximum atomic E-state index is 11.8. The third-order valence-corrected chi connectivity index (χ3v) is 5.88. The molecular formula is C17H22N6O2S. The Morgan fingerprint density at radius 3 is 2.85 bits per heavy atom. The van der Waals surface area contributed by atoms with Crippen molar-refractivity contribution in [1.82, 2.24) is 29.7 Å². The van der Waals surface area contributed by atoms with Crippen molar-refractivity contribution in [1.29, 1.82) is 0 Å². The average Bonchev–Trinajstić information content (AvgIpc) is 3.18. The Morgan fingerprint density at radius 1 is 1.23 bits per heavy atom. The number of nitrogens with one attached hydrogen (secondary N) is 1. The number of hydrogen-bond donors (Lipinski definition) is 1. The van der Waals surface area contributed by atoms with Gasteiger partial charge in [0.25, 0.3) is 0 Å². The van der Waals surface area contributed by atoms with Crippen LogP contribution in [0.1, 0.15) is 35.4 Å². The molecule has 1 aliphatic rings. The minimum Gasteiger partial charge on any atom is -0.296 e. The van der Waals surface area contributed by atoms with E-state index >= 15 is 0 Å². The highest BCUT2D eigenvalue weighted by atomic mass is 32.2. The predicted molar refractivity (Wildman–Crippen MR) is 96.5 cm³/mol. The van der Waals surface area contributed by atoms with Gasteiger partial charge in [0.1, 0.15) is 4.90 Å². The minimum absolute atomic E-state index is 0.153. The first-order valence-corrected chi connectivity index (χ1v) is 10.6. The fourth-order valence-electron chi connectivity index (χ4n) is 3.54. The normalized spacial score (nSPS) is 14.9. The van der Waals surface area contributed by atoms with Crippen LogP contribution in [0.25, 0.3) is 5.65 Å². The van der Waals surface area contributed by atoms with Gasteiger partial charge < -0.3 is 0 Å². The van der Waals surface area contributed by atoms with Gasteiger partial charge in [0, 0.05) is 43.0 Å². The van der Waals surface area contributed by atoms with E-state index in [4.69, 9.17) is 0 Å². The number of aromatic nitrogens is 5. The second kappa shape index (κ2) is 6.48. The van der Waals surface area contributed by atoms with E-state index in [2.05, 4.69) is 25.2 Å². The van der Waals surface area contributed by atoms with Crippen molar-refractivity contribution in [3.63, 3.8) is 0 Å². The molecule has 0 atom stereocenters. The van der Waals surface area contributed by atoms with E-state index in [9.17, 15) is 8.42 Å². The Bertz CT molecular complexity index is 1050. The molecule has 3 heterocycles. The first-order valence-electron chi connectivity index (χ1n) is 8.67. The van der Waals surface area contributed by atoms with Crippen molar-refractivity contribution < 1.29 is 8.42 Å². The van der Waals surface area contributed by atoms with E-state index in [1.165, 1.54) is 34.8 Å². The molecule has 4 rings (SSSR count). The summed E-state index contributed by atoms with van der Waals surface area (Å²) in [7, 11) is -1.29. The van der Waals surface area contributed by atoms with Gasteiger partial charge in [-0.3, -0.25) is 10.00 Å². The third kappa shape index (κ3) is 3.24. The summed E-state index contributed by atoms with van der Waals surface area (Å²) in [5.41, 5.74) is 5.11. The van der Waals surface area contributed by atoms with Crippen molar-refractivity contribution in [2.45, 2.75) is 43.7 Å². The number of H-pyrrole nitrogens is 1. The highest BCUT2D eigenvalue weighted by molar-refractivity contribution is 7.90. The molecule has 26 heavy (non-hydrogen) atoms. The fourth-order valence-corrected chi connectivity index (χ4v) is 4.26. The van der Waals surface area contributed by atoms with Crippen molar-refractivity contribution in [2.24, 2.45) is 0 Å². The number of aromatic amines is 1. The van der Waals surface area contributed by atoms with Crippen LogP contribution in [0.15, 0.2) is 23.5 Å². The van der Waals surface area contributed by atoms with Gasteiger partial charge in [-0.25, -0.2) is 17.9 Å². The number of fused-ring (bicyclic) bond motifs is 2. The molecule has 0 unspecified atom stereocenters. The van der Waals surface area contributed by atoms with Crippen molar-refractivity contribution >= 4 is 15.5 Å². The first-order chi connectivity index (χ1) is 12.4. The van der Waals surface area contributed by atoms with Crippen LogP contribution in [0.2, 0.25) is 0 Å². The van der Waals surface area contributed by atoms with Crippen molar-refractivity contribution in [3.8, 4) is 0 Å². The molecule has 3 aromatic rings. The Kier molecular flexibility index (Phi) is 4.28. The van der Waals surface area contributed by atoms with E-state index in [0.717, 1.165) is 36.9 Å². The highest BCUT2D eigenvalue weighted by Gasteiger charge is 2.19. The third-order valence-electron chi connectivity index (χ3n) is 4.79. The molecular weight excluding hydrogens is 352 g/mol. The SMILES string of the molecule is CN(Cc1cnc2c(S(C)(=O)=O)cnn2c1)Cc1n[nH]c2c1CCCC2. The Labute approximate surface area is 152 Å². The summed E-state index contributed by atoms with van der Waals surface area (Å²) in [6, 6.07) is 0. The number of hydrogen-bond acceptors (Lipinski definition) is 6. The van der Waals surface area contributed by atoms with Crippen LogP contribution in [0, 0.1) is 0 Å². The minimum atomic E-state index is -3.33. The quantitative estimate of drug-likeness (QED) is 0.724. The fraction of sp³-hybridized carbons (Fsp3) is 0.471. The number of nitrogens with zero attached hydrogens (tertiary/aromatic N) is 5. The molecule has 138 valence electrons. The van der Waals surface area contributed by atoms with E-state index in [1.807, 2.05) is 13.2 Å². The summed E-state index contributed by atoms with van der Waals surface area (Å²) < 4.78 is 25.0. The standard InChI is InChI=1S/C17H22N6O2S/c1-22(11-15-13-5-3-4-6-14(13)20-21-15)9-12-7-18-17-16(26(2,24)25)8-19-23(17)10-12/h7-8,10H,3-6,9,11H2,1-2H3,(H,20,21). The van der Waals surface area contributed by atoms with Gasteiger partial charge in [0.05, 0.1) is 11.9 Å². The molecule has 0 aromatic carbocycles. The Balaban J connectivity index is 1.51. The molecule has 0 spiro atoms. The molecule has 0 aliphatic heterocycles. The summed E-state index contributed by atoms with van der Waals surface area (Å²) >= 11 is 0. The monoisotopic (exact) mass is 374 g/mol. The van der Waals surface area contributed by atoms with Gasteiger partial charge in [-0.05, 0) is 38.3 Å². The predicted octanol–water partition coefficient (Wildman–Crippen LogP) is 1.37. The summed E-state index contributed by atoms with van der Waals surface area (Å²) in [4.78, 5) is 6.63. The average molecular weight is 374 g/mol. The Morgan fingerprint density at radius 2 is 2.04 bits per heavy atom. The van der Waals surface area contributed by atoms with Crippen LogP contribution in [0.3, 0.4) is 0 Å². The molecule has 0 saturated heterocycles. The molecule has 0 amide bonds. The lowest BCUT2D eigenvalue weighted by Gasteiger charge is -2.17. The van der Waals surface area contributed by atoms with E-state index in [0.29, 0.717) is 12.2 Å². The van der Waals surface area contributed by atoms with E-state index in [1.54, 1.807) is 6.20 Å². The number of rotatable bonds is 5. The molecule has 3 aromatic heterocycles. The molecule has 1 aliphatic carbocycles. The molecule has 0 saturated carbocycles. The van der Waals surface area contributed by atoms with Crippen LogP contribution in [0.5, 0.6) is 0 Å². The van der Waals surface area contributed by atoms with Gasteiger partial charge in [-0.1, -0.05) is 0 Å². The van der Waals surface area contributed by atoms with Crippen molar-refractivity contribution in [2.75, 3.05) is 13.3 Å². The Hall–Kier alpha value is -2.26. The summed E-state index contributed by atoms with van der Waals surface area (Å²) in [6.07, 6.45) is 10.7. The molecule has 0 radical (unpaired) electrons. The van der Waals surface area contributed by atoms with Gasteiger partial charge in [0.15, 0.2) is 15.5 Å². The van der Waals surface area contributed by atoms with E-state index in [-0.39, 0.29) is 4.90 Å². The van der Waals surface area contributed by atoms with Crippen LogP contribution in [-0.4, -0.2) is 51.4 Å².